The first kappa shape index (κ1) is 21.2. The van der Waals surface area contributed by atoms with E-state index in [0.717, 1.165) is 5.56 Å². The Hall–Kier alpha value is -1.48. The molecular weight excluding hydrogens is 382 g/mol. The maximum absolute atomic E-state index is 13.4. The van der Waals surface area contributed by atoms with Crippen LogP contribution in [0.3, 0.4) is 0 Å². The number of ether oxygens (including phenoxy) is 3. The number of carbonyl (C=O) groups excluding carboxylic acids is 1. The third-order valence-corrected chi connectivity index (χ3v) is 7.49. The van der Waals surface area contributed by atoms with Crippen molar-refractivity contribution in [1.29, 1.82) is 0 Å². The number of carbonyl (C=O) groups is 1. The van der Waals surface area contributed by atoms with E-state index in [2.05, 4.69) is 0 Å². The number of rotatable bonds is 4. The Kier molecular flexibility index (Phi) is 5.87. The van der Waals surface area contributed by atoms with Crippen molar-refractivity contribution < 1.29 is 27.4 Å². The Labute approximate surface area is 167 Å². The van der Waals surface area contributed by atoms with E-state index in [1.54, 1.807) is 24.3 Å². The zero-order valence-electron chi connectivity index (χ0n) is 17.0. The van der Waals surface area contributed by atoms with E-state index in [4.69, 9.17) is 14.2 Å². The molecule has 0 spiro atoms. The Balaban J connectivity index is 1.98. The lowest BCUT2D eigenvalue weighted by Gasteiger charge is -2.52. The van der Waals surface area contributed by atoms with E-state index >= 15 is 0 Å². The van der Waals surface area contributed by atoms with Crippen molar-refractivity contribution in [2.75, 3.05) is 13.7 Å². The molecule has 3 rings (SSSR count). The molecule has 2 aliphatic heterocycles. The molecule has 0 aromatic heterocycles. The van der Waals surface area contributed by atoms with Gasteiger partial charge in [0.25, 0.3) is 0 Å². The third-order valence-electron chi connectivity index (χ3n) is 5.56. The predicted octanol–water partition coefficient (Wildman–Crippen LogP) is 2.48. The second-order valence-corrected chi connectivity index (χ2v) is 9.91. The fourth-order valence-corrected chi connectivity index (χ4v) is 6.03. The lowest BCUT2D eigenvalue weighted by Crippen LogP contribution is -2.62. The number of nitrogens with zero attached hydrogens (tertiary/aromatic N) is 1. The number of benzene rings is 1. The molecule has 0 bridgehead atoms. The molecule has 0 radical (unpaired) electrons. The largest absolute Gasteiger partial charge is 0.469 e. The topological polar surface area (TPSA) is 82.1 Å². The van der Waals surface area contributed by atoms with Gasteiger partial charge < -0.3 is 14.2 Å². The predicted molar refractivity (Wildman–Crippen MR) is 103 cm³/mol. The first-order chi connectivity index (χ1) is 13.0. The molecule has 4 atom stereocenters. The highest BCUT2D eigenvalue weighted by Gasteiger charge is 2.52. The molecule has 2 fully saturated rings. The minimum Gasteiger partial charge on any atom is -0.469 e. The summed E-state index contributed by atoms with van der Waals surface area (Å²) < 4.78 is 45.1. The van der Waals surface area contributed by atoms with Crippen LogP contribution < -0.4 is 0 Å². The molecule has 0 unspecified atom stereocenters. The fourth-order valence-electron chi connectivity index (χ4n) is 4.36. The summed E-state index contributed by atoms with van der Waals surface area (Å²) in [6.07, 6.45) is 0.0578. The van der Waals surface area contributed by atoms with Crippen molar-refractivity contribution in [3.63, 3.8) is 0 Å². The minimum absolute atomic E-state index is 0.0414. The number of hydrogen-bond acceptors (Lipinski definition) is 6. The van der Waals surface area contributed by atoms with Crippen molar-refractivity contribution in [3.8, 4) is 0 Å². The van der Waals surface area contributed by atoms with Crippen LogP contribution in [-0.4, -0.2) is 56.4 Å². The lowest BCUT2D eigenvalue weighted by atomic mass is 9.81. The van der Waals surface area contributed by atoms with Crippen LogP contribution in [0, 0.1) is 12.8 Å². The standard InChI is InChI=1S/C20H29NO6S/c1-13-6-8-15(9-7-13)28(23,24)21-11-10-17-19(16(21)12-18(22)25-5)14(2)26-20(3,4)27-17/h6-9,14,16-17,19H,10-12H2,1-5H3/t14-,16+,17-,19+/m0/s1. The Morgan fingerprint density at radius 2 is 1.89 bits per heavy atom. The van der Waals surface area contributed by atoms with Crippen LogP contribution in [-0.2, 0) is 29.0 Å². The van der Waals surface area contributed by atoms with Gasteiger partial charge in [-0.15, -0.1) is 0 Å². The van der Waals surface area contributed by atoms with Gasteiger partial charge in [-0.1, -0.05) is 17.7 Å². The van der Waals surface area contributed by atoms with Crippen molar-refractivity contribution in [1.82, 2.24) is 4.31 Å². The number of aryl methyl sites for hydroxylation is 1. The number of piperidine rings is 1. The second kappa shape index (κ2) is 7.74. The Bertz CT molecular complexity index is 820. The van der Waals surface area contributed by atoms with Gasteiger partial charge >= 0.3 is 5.97 Å². The summed E-state index contributed by atoms with van der Waals surface area (Å²) >= 11 is 0. The van der Waals surface area contributed by atoms with Gasteiger partial charge in [-0.3, -0.25) is 4.79 Å². The van der Waals surface area contributed by atoms with Gasteiger partial charge in [0.05, 0.1) is 30.6 Å². The summed E-state index contributed by atoms with van der Waals surface area (Å²) in [7, 11) is -2.46. The second-order valence-electron chi connectivity index (χ2n) is 8.02. The van der Waals surface area contributed by atoms with Crippen LogP contribution in [0.5, 0.6) is 0 Å². The van der Waals surface area contributed by atoms with E-state index in [1.807, 2.05) is 27.7 Å². The molecule has 0 N–H and O–H groups in total. The highest BCUT2D eigenvalue weighted by atomic mass is 32.2. The number of fused-ring (bicyclic) bond motifs is 1. The van der Waals surface area contributed by atoms with Gasteiger partial charge in [-0.2, -0.15) is 4.31 Å². The molecule has 0 amide bonds. The van der Waals surface area contributed by atoms with Crippen LogP contribution in [0.4, 0.5) is 0 Å². The van der Waals surface area contributed by atoms with E-state index in [1.165, 1.54) is 11.4 Å². The Morgan fingerprint density at radius 1 is 1.25 bits per heavy atom. The first-order valence-corrected chi connectivity index (χ1v) is 11.0. The summed E-state index contributed by atoms with van der Waals surface area (Å²) in [6, 6.07) is 6.15. The lowest BCUT2D eigenvalue weighted by molar-refractivity contribution is -0.329. The molecule has 8 heteroatoms. The minimum atomic E-state index is -3.77. The van der Waals surface area contributed by atoms with Gasteiger partial charge in [0.1, 0.15) is 0 Å². The van der Waals surface area contributed by atoms with Gasteiger partial charge in [-0.05, 0) is 46.2 Å². The smallest absolute Gasteiger partial charge is 0.307 e. The quantitative estimate of drug-likeness (QED) is 0.708. The van der Waals surface area contributed by atoms with Crippen molar-refractivity contribution >= 4 is 16.0 Å². The maximum Gasteiger partial charge on any atom is 0.307 e. The molecule has 2 aliphatic rings. The van der Waals surface area contributed by atoms with E-state index in [9.17, 15) is 13.2 Å². The summed E-state index contributed by atoms with van der Waals surface area (Å²) in [5.74, 6) is -1.46. The number of sulfonamides is 1. The molecule has 28 heavy (non-hydrogen) atoms. The molecule has 156 valence electrons. The number of hydrogen-bond donors (Lipinski definition) is 0. The van der Waals surface area contributed by atoms with E-state index in [-0.39, 0.29) is 36.0 Å². The average Bonchev–Trinajstić information content (AvgIpc) is 2.60. The average molecular weight is 412 g/mol. The summed E-state index contributed by atoms with van der Waals surface area (Å²) in [5.41, 5.74) is 0.980. The van der Waals surface area contributed by atoms with Crippen LogP contribution >= 0.6 is 0 Å². The van der Waals surface area contributed by atoms with Crippen LogP contribution in [0.1, 0.15) is 39.2 Å². The zero-order chi connectivity index (χ0) is 20.7. The van der Waals surface area contributed by atoms with Gasteiger partial charge in [0, 0.05) is 18.5 Å². The zero-order valence-corrected chi connectivity index (χ0v) is 17.9. The SMILES string of the molecule is COC(=O)C[C@@H]1[C@H]2[C@H](C)OC(C)(C)O[C@H]2CCN1S(=O)(=O)c1ccc(C)cc1. The van der Waals surface area contributed by atoms with Gasteiger partial charge in [-0.25, -0.2) is 8.42 Å². The summed E-state index contributed by atoms with van der Waals surface area (Å²) in [5, 5.41) is 0. The van der Waals surface area contributed by atoms with Crippen molar-refractivity contribution in [2.24, 2.45) is 5.92 Å². The molecule has 1 aromatic rings. The molecule has 0 saturated carbocycles. The van der Waals surface area contributed by atoms with Crippen molar-refractivity contribution in [3.05, 3.63) is 29.8 Å². The molecule has 7 nitrogen and oxygen atoms in total. The third kappa shape index (κ3) is 4.10. The summed E-state index contributed by atoms with van der Waals surface area (Å²) in [4.78, 5) is 12.3. The van der Waals surface area contributed by atoms with E-state index in [0.29, 0.717) is 6.42 Å². The fraction of sp³-hybridized carbons (Fsp3) is 0.650. The van der Waals surface area contributed by atoms with Crippen molar-refractivity contribution in [2.45, 2.75) is 69.5 Å². The molecule has 0 aliphatic carbocycles. The molecule has 2 saturated heterocycles. The molecular formula is C20H29NO6S. The maximum atomic E-state index is 13.4. The highest BCUT2D eigenvalue weighted by Crippen LogP contribution is 2.41. The molecule has 2 heterocycles. The van der Waals surface area contributed by atoms with Gasteiger partial charge in [0.2, 0.25) is 10.0 Å². The normalized spacial score (nSPS) is 30.5. The highest BCUT2D eigenvalue weighted by molar-refractivity contribution is 7.89. The van der Waals surface area contributed by atoms with Gasteiger partial charge in [0.15, 0.2) is 5.79 Å². The van der Waals surface area contributed by atoms with Crippen LogP contribution in [0.2, 0.25) is 0 Å². The number of methoxy groups -OCH3 is 1. The van der Waals surface area contributed by atoms with Crippen LogP contribution in [0.25, 0.3) is 0 Å². The van der Waals surface area contributed by atoms with E-state index < -0.39 is 27.8 Å². The Morgan fingerprint density at radius 3 is 2.50 bits per heavy atom. The van der Waals surface area contributed by atoms with Crippen LogP contribution in [0.15, 0.2) is 29.2 Å². The molecule has 1 aromatic carbocycles. The summed E-state index contributed by atoms with van der Waals surface area (Å²) in [6.45, 7) is 7.80. The first-order valence-electron chi connectivity index (χ1n) is 9.56. The monoisotopic (exact) mass is 411 g/mol. The number of esters is 1.